The van der Waals surface area contributed by atoms with Crippen molar-refractivity contribution in [2.45, 2.75) is 95.3 Å². The Labute approximate surface area is 223 Å². The number of esters is 1. The highest BCUT2D eigenvalue weighted by Crippen LogP contribution is 2.60. The fraction of sp³-hybridized carbons (Fsp3) is 0.815. The summed E-state index contributed by atoms with van der Waals surface area (Å²) in [6.07, 6.45) is 3.46. The third kappa shape index (κ3) is 5.12. The molecule has 1 unspecified atom stereocenters. The third-order valence-corrected chi connectivity index (χ3v) is 8.51. The van der Waals surface area contributed by atoms with E-state index in [0.717, 1.165) is 6.42 Å². The molecule has 6 atom stereocenters. The summed E-state index contributed by atoms with van der Waals surface area (Å²) in [6, 6.07) is -0.864. The van der Waals surface area contributed by atoms with Crippen LogP contribution < -0.4 is 0 Å². The Bertz CT molecular complexity index is 871. The topological polar surface area (TPSA) is 96.4 Å². The molecule has 204 valence electrons. The highest BCUT2D eigenvalue weighted by Gasteiger charge is 2.77. The molecular formula is C27H43BrN2O6. The number of likely N-dealkylation sites (tertiary alicyclic amines) is 1. The number of fused-ring (bicyclic) bond motifs is 1. The molecular weight excluding hydrogens is 528 g/mol. The number of carbonyl (C=O) groups excluding carboxylic acids is 3. The van der Waals surface area contributed by atoms with Crippen molar-refractivity contribution < 1.29 is 29.0 Å². The SMILES string of the molecule is C=CCN(C(=O)[C@H]1N(CCCCO)C(=O)[C@@H]2[C@@H](C(=O)OCC)[C@@H]3O[C@@]21CC3Br)C(C)(C)CC(C)(C)C. The quantitative estimate of drug-likeness (QED) is 0.177. The second-order valence-corrected chi connectivity index (χ2v) is 13.3. The molecule has 0 aliphatic carbocycles. The number of halogens is 1. The fourth-order valence-electron chi connectivity index (χ4n) is 6.86. The molecule has 36 heavy (non-hydrogen) atoms. The van der Waals surface area contributed by atoms with E-state index in [1.165, 1.54) is 0 Å². The molecule has 0 saturated carbocycles. The molecule has 3 heterocycles. The Hall–Kier alpha value is -1.45. The van der Waals surface area contributed by atoms with E-state index < -0.39 is 41.1 Å². The zero-order chi connectivity index (χ0) is 27.1. The second kappa shape index (κ2) is 10.7. The van der Waals surface area contributed by atoms with Crippen molar-refractivity contribution in [2.24, 2.45) is 17.3 Å². The molecule has 3 fully saturated rings. The summed E-state index contributed by atoms with van der Waals surface area (Å²) in [6.45, 7) is 17.0. The molecule has 3 aliphatic rings. The first kappa shape index (κ1) is 29.1. The van der Waals surface area contributed by atoms with Crippen LogP contribution in [0.1, 0.15) is 67.2 Å². The first-order valence-corrected chi connectivity index (χ1v) is 14.0. The van der Waals surface area contributed by atoms with Crippen LogP contribution in [0.5, 0.6) is 0 Å². The van der Waals surface area contributed by atoms with E-state index in [-0.39, 0.29) is 35.3 Å². The van der Waals surface area contributed by atoms with Gasteiger partial charge < -0.3 is 24.4 Å². The molecule has 1 N–H and O–H groups in total. The summed E-state index contributed by atoms with van der Waals surface area (Å²) < 4.78 is 11.9. The minimum atomic E-state index is -1.11. The van der Waals surface area contributed by atoms with Crippen LogP contribution in [0.4, 0.5) is 0 Å². The molecule has 0 radical (unpaired) electrons. The van der Waals surface area contributed by atoms with Crippen LogP contribution in [0.2, 0.25) is 0 Å². The number of aliphatic hydroxyl groups excluding tert-OH is 1. The molecule has 8 nitrogen and oxygen atoms in total. The average molecular weight is 572 g/mol. The summed E-state index contributed by atoms with van der Waals surface area (Å²) in [5.74, 6) is -2.41. The van der Waals surface area contributed by atoms with Crippen molar-refractivity contribution in [2.75, 3.05) is 26.3 Å². The van der Waals surface area contributed by atoms with Crippen LogP contribution in [0, 0.1) is 17.3 Å². The standard InChI is InChI=1S/C27H43BrN2O6/c1-8-12-30(26(6,7)16-25(3,4)5)23(33)21-27-15-17(28)20(36-27)18(24(34)35-9-2)19(27)22(32)29(21)13-10-11-14-31/h8,17-21,31H,1,9-16H2,2-7H3/t17?,18-,19+,20-,21-,27+/m1/s1. The lowest BCUT2D eigenvalue weighted by atomic mass is 9.70. The van der Waals surface area contributed by atoms with Gasteiger partial charge in [-0.1, -0.05) is 42.8 Å². The summed E-state index contributed by atoms with van der Waals surface area (Å²) in [7, 11) is 0. The number of ether oxygens (including phenoxy) is 2. The van der Waals surface area contributed by atoms with Crippen LogP contribution >= 0.6 is 15.9 Å². The zero-order valence-electron chi connectivity index (χ0n) is 22.6. The highest BCUT2D eigenvalue weighted by molar-refractivity contribution is 9.09. The van der Waals surface area contributed by atoms with Gasteiger partial charge >= 0.3 is 5.97 Å². The Morgan fingerprint density at radius 2 is 1.97 bits per heavy atom. The number of hydrogen-bond donors (Lipinski definition) is 1. The minimum absolute atomic E-state index is 0.00389. The van der Waals surface area contributed by atoms with E-state index in [9.17, 15) is 19.5 Å². The van der Waals surface area contributed by atoms with Gasteiger partial charge in [-0.15, -0.1) is 6.58 Å². The number of nitrogens with zero attached hydrogens (tertiary/aromatic N) is 2. The predicted octanol–water partition coefficient (Wildman–Crippen LogP) is 3.30. The maximum absolute atomic E-state index is 14.5. The number of rotatable bonds is 11. The summed E-state index contributed by atoms with van der Waals surface area (Å²) >= 11 is 3.68. The van der Waals surface area contributed by atoms with Gasteiger partial charge in [0.15, 0.2) is 0 Å². The van der Waals surface area contributed by atoms with Crippen LogP contribution in [-0.2, 0) is 23.9 Å². The molecule has 9 heteroatoms. The van der Waals surface area contributed by atoms with Gasteiger partial charge in [-0.3, -0.25) is 14.4 Å². The summed E-state index contributed by atoms with van der Waals surface area (Å²) in [4.78, 5) is 44.7. The largest absolute Gasteiger partial charge is 0.466 e. The minimum Gasteiger partial charge on any atom is -0.466 e. The molecule has 3 rings (SSSR count). The first-order valence-electron chi connectivity index (χ1n) is 13.1. The Morgan fingerprint density at radius 1 is 1.31 bits per heavy atom. The lowest BCUT2D eigenvalue weighted by Gasteiger charge is -2.45. The highest BCUT2D eigenvalue weighted by atomic mass is 79.9. The van der Waals surface area contributed by atoms with E-state index in [2.05, 4.69) is 43.3 Å². The Kier molecular flexibility index (Phi) is 8.68. The second-order valence-electron chi connectivity index (χ2n) is 12.2. The smallest absolute Gasteiger partial charge is 0.312 e. The van der Waals surface area contributed by atoms with Crippen LogP contribution in [0.3, 0.4) is 0 Å². The molecule has 0 aromatic carbocycles. The molecule has 1 spiro atoms. The van der Waals surface area contributed by atoms with E-state index in [1.54, 1.807) is 17.9 Å². The van der Waals surface area contributed by atoms with Crippen LogP contribution in [0.15, 0.2) is 12.7 Å². The molecule has 0 aromatic rings. The fourth-order valence-corrected chi connectivity index (χ4v) is 7.80. The normalized spacial score (nSPS) is 31.5. The van der Waals surface area contributed by atoms with Crippen molar-refractivity contribution in [1.29, 1.82) is 0 Å². The number of unbranched alkanes of at least 4 members (excludes halogenated alkanes) is 1. The molecule has 3 saturated heterocycles. The number of hydrogen-bond acceptors (Lipinski definition) is 6. The lowest BCUT2D eigenvalue weighted by Crippen LogP contribution is -2.61. The average Bonchev–Trinajstić information content (AvgIpc) is 3.34. The lowest BCUT2D eigenvalue weighted by molar-refractivity contribution is -0.155. The van der Waals surface area contributed by atoms with Crippen molar-refractivity contribution in [3.63, 3.8) is 0 Å². The van der Waals surface area contributed by atoms with Gasteiger partial charge in [0.2, 0.25) is 11.8 Å². The Balaban J connectivity index is 2.08. The molecule has 3 aliphatic heterocycles. The van der Waals surface area contributed by atoms with Crippen molar-refractivity contribution in [3.05, 3.63) is 12.7 Å². The van der Waals surface area contributed by atoms with Gasteiger partial charge in [0.25, 0.3) is 0 Å². The van der Waals surface area contributed by atoms with E-state index in [0.29, 0.717) is 32.4 Å². The summed E-state index contributed by atoms with van der Waals surface area (Å²) in [5.41, 5.74) is -1.65. The maximum atomic E-state index is 14.5. The molecule has 2 amide bonds. The van der Waals surface area contributed by atoms with Crippen LogP contribution in [-0.4, -0.2) is 87.1 Å². The van der Waals surface area contributed by atoms with Gasteiger partial charge in [-0.05, 0) is 51.9 Å². The van der Waals surface area contributed by atoms with Gasteiger partial charge in [0.05, 0.1) is 24.5 Å². The number of alkyl halides is 1. The zero-order valence-corrected chi connectivity index (χ0v) is 24.2. The van der Waals surface area contributed by atoms with Gasteiger partial charge in [-0.2, -0.15) is 0 Å². The van der Waals surface area contributed by atoms with Gasteiger partial charge in [0.1, 0.15) is 11.6 Å². The van der Waals surface area contributed by atoms with Crippen molar-refractivity contribution >= 4 is 33.7 Å². The number of carbonyl (C=O) groups is 3. The summed E-state index contributed by atoms with van der Waals surface area (Å²) in [5, 5.41) is 9.35. The monoisotopic (exact) mass is 570 g/mol. The Morgan fingerprint density at radius 3 is 2.53 bits per heavy atom. The first-order chi connectivity index (χ1) is 16.8. The predicted molar refractivity (Wildman–Crippen MR) is 140 cm³/mol. The third-order valence-electron chi connectivity index (χ3n) is 7.66. The van der Waals surface area contributed by atoms with E-state index >= 15 is 0 Å². The van der Waals surface area contributed by atoms with Crippen molar-refractivity contribution in [1.82, 2.24) is 9.80 Å². The number of aliphatic hydroxyl groups is 1. The van der Waals surface area contributed by atoms with E-state index in [1.807, 2.05) is 18.7 Å². The number of amides is 2. The van der Waals surface area contributed by atoms with Gasteiger partial charge in [-0.25, -0.2) is 0 Å². The van der Waals surface area contributed by atoms with E-state index in [4.69, 9.17) is 9.47 Å². The molecule has 2 bridgehead atoms. The van der Waals surface area contributed by atoms with Gasteiger partial charge in [0, 0.05) is 30.1 Å². The maximum Gasteiger partial charge on any atom is 0.312 e. The molecule has 0 aromatic heterocycles. The van der Waals surface area contributed by atoms with Crippen LogP contribution in [0.25, 0.3) is 0 Å². The van der Waals surface area contributed by atoms with Crippen molar-refractivity contribution in [3.8, 4) is 0 Å².